The van der Waals surface area contributed by atoms with Crippen LogP contribution in [0.5, 0.6) is 11.5 Å². The molecule has 0 N–H and O–H groups in total. The van der Waals surface area contributed by atoms with E-state index >= 15 is 0 Å². The van der Waals surface area contributed by atoms with Crippen molar-refractivity contribution < 1.29 is 23.8 Å². The normalized spacial score (nSPS) is 10.1. The molecule has 2 aromatic carbocycles. The Kier molecular flexibility index (Phi) is 6.21. The van der Waals surface area contributed by atoms with Gasteiger partial charge in [0.1, 0.15) is 17.1 Å². The van der Waals surface area contributed by atoms with Crippen molar-refractivity contribution in [1.82, 2.24) is 0 Å². The number of carbonyl (C=O) groups excluding carboxylic acids is 2. The van der Waals surface area contributed by atoms with Gasteiger partial charge in [0.15, 0.2) is 0 Å². The number of halogens is 1. The molecule has 0 aliphatic rings. The Morgan fingerprint density at radius 1 is 1.08 bits per heavy atom. The third-order valence-corrected chi connectivity index (χ3v) is 3.33. The maximum absolute atomic E-state index is 12.3. The van der Waals surface area contributed by atoms with E-state index in [9.17, 15) is 9.59 Å². The lowest BCUT2D eigenvalue weighted by atomic mass is 10.2. The lowest BCUT2D eigenvalue weighted by molar-refractivity contribution is 0.0593. The molecule has 0 saturated heterocycles. The molecule has 5 nitrogen and oxygen atoms in total. The second-order valence-corrected chi connectivity index (χ2v) is 5.33. The summed E-state index contributed by atoms with van der Waals surface area (Å²) in [5.41, 5.74) is 0.395. The average Bonchev–Trinajstić information content (AvgIpc) is 2.60. The number of benzene rings is 2. The number of esters is 2. The van der Waals surface area contributed by atoms with E-state index in [0.717, 1.165) is 6.42 Å². The van der Waals surface area contributed by atoms with Gasteiger partial charge in [0.05, 0.1) is 19.3 Å². The van der Waals surface area contributed by atoms with Crippen molar-refractivity contribution in [3.05, 3.63) is 58.6 Å². The number of hydrogen-bond acceptors (Lipinski definition) is 5. The van der Waals surface area contributed by atoms with Gasteiger partial charge in [-0.1, -0.05) is 24.6 Å². The second kappa shape index (κ2) is 8.36. The van der Waals surface area contributed by atoms with Crippen LogP contribution in [0, 0.1) is 0 Å². The molecule has 0 saturated carbocycles. The summed E-state index contributed by atoms with van der Waals surface area (Å²) >= 11 is 5.88. The summed E-state index contributed by atoms with van der Waals surface area (Å²) < 4.78 is 15.5. The number of carbonyl (C=O) groups is 2. The fourth-order valence-electron chi connectivity index (χ4n) is 1.95. The van der Waals surface area contributed by atoms with Crippen molar-refractivity contribution in [2.45, 2.75) is 13.3 Å². The largest absolute Gasteiger partial charge is 0.494 e. The first kappa shape index (κ1) is 17.8. The van der Waals surface area contributed by atoms with Crippen LogP contribution < -0.4 is 9.47 Å². The maximum Gasteiger partial charge on any atom is 0.343 e. The van der Waals surface area contributed by atoms with E-state index in [1.54, 1.807) is 24.3 Å². The predicted molar refractivity (Wildman–Crippen MR) is 90.0 cm³/mol. The van der Waals surface area contributed by atoms with Gasteiger partial charge in [-0.25, -0.2) is 9.59 Å². The molecule has 2 aromatic rings. The molecule has 2 rings (SSSR count). The van der Waals surface area contributed by atoms with Gasteiger partial charge in [0, 0.05) is 5.02 Å². The van der Waals surface area contributed by atoms with Crippen LogP contribution in [0.4, 0.5) is 0 Å². The van der Waals surface area contributed by atoms with Crippen LogP contribution in [0.1, 0.15) is 34.1 Å². The number of methoxy groups -OCH3 is 1. The van der Waals surface area contributed by atoms with Crippen molar-refractivity contribution in [3.63, 3.8) is 0 Å². The molecule has 0 unspecified atom stereocenters. The lowest BCUT2D eigenvalue weighted by Crippen LogP contribution is -2.12. The van der Waals surface area contributed by atoms with Crippen LogP contribution in [0.3, 0.4) is 0 Å². The Hall–Kier alpha value is -2.53. The van der Waals surface area contributed by atoms with Gasteiger partial charge in [-0.15, -0.1) is 0 Å². The summed E-state index contributed by atoms with van der Waals surface area (Å²) in [5.74, 6) is -0.587. The van der Waals surface area contributed by atoms with Gasteiger partial charge in [-0.3, -0.25) is 0 Å². The highest BCUT2D eigenvalue weighted by Gasteiger charge is 2.18. The molecule has 0 aliphatic heterocycles. The molecule has 126 valence electrons. The maximum atomic E-state index is 12.3. The zero-order valence-corrected chi connectivity index (χ0v) is 14.1. The molecule has 0 bridgehead atoms. The molecular formula is C18H17ClO5. The molecule has 0 heterocycles. The lowest BCUT2D eigenvalue weighted by Gasteiger charge is -2.10. The Labute approximate surface area is 145 Å². The van der Waals surface area contributed by atoms with Crippen molar-refractivity contribution in [2.24, 2.45) is 0 Å². The monoisotopic (exact) mass is 348 g/mol. The van der Waals surface area contributed by atoms with Crippen LogP contribution in [0.2, 0.25) is 5.02 Å². The van der Waals surface area contributed by atoms with E-state index in [0.29, 0.717) is 22.9 Å². The SMILES string of the molecule is CCCOc1cccc(C(=O)Oc2ccc(Cl)cc2C(=O)OC)c1. The highest BCUT2D eigenvalue weighted by Crippen LogP contribution is 2.25. The molecule has 0 amide bonds. The first-order chi connectivity index (χ1) is 11.5. The van der Waals surface area contributed by atoms with Crippen LogP contribution in [-0.2, 0) is 4.74 Å². The molecule has 0 atom stereocenters. The minimum Gasteiger partial charge on any atom is -0.494 e. The first-order valence-electron chi connectivity index (χ1n) is 7.38. The summed E-state index contributed by atoms with van der Waals surface area (Å²) in [5, 5.41) is 0.338. The van der Waals surface area contributed by atoms with Crippen LogP contribution in [-0.4, -0.2) is 25.7 Å². The van der Waals surface area contributed by atoms with Crippen LogP contribution in [0.15, 0.2) is 42.5 Å². The fourth-order valence-corrected chi connectivity index (χ4v) is 2.12. The number of ether oxygens (including phenoxy) is 3. The Morgan fingerprint density at radius 2 is 1.88 bits per heavy atom. The second-order valence-electron chi connectivity index (χ2n) is 4.90. The Balaban J connectivity index is 2.22. The van der Waals surface area contributed by atoms with E-state index in [-0.39, 0.29) is 11.3 Å². The molecule has 24 heavy (non-hydrogen) atoms. The molecule has 0 aliphatic carbocycles. The zero-order chi connectivity index (χ0) is 17.5. The number of rotatable bonds is 6. The van der Waals surface area contributed by atoms with Gasteiger partial charge in [0.25, 0.3) is 0 Å². The third kappa shape index (κ3) is 4.49. The molecule has 6 heteroatoms. The average molecular weight is 349 g/mol. The summed E-state index contributed by atoms with van der Waals surface area (Å²) in [6.45, 7) is 2.55. The van der Waals surface area contributed by atoms with Crippen molar-refractivity contribution in [1.29, 1.82) is 0 Å². The van der Waals surface area contributed by atoms with Gasteiger partial charge in [-0.2, -0.15) is 0 Å². The predicted octanol–water partition coefficient (Wildman–Crippen LogP) is 4.13. The third-order valence-electron chi connectivity index (χ3n) is 3.09. The highest BCUT2D eigenvalue weighted by atomic mass is 35.5. The highest BCUT2D eigenvalue weighted by molar-refractivity contribution is 6.31. The van der Waals surface area contributed by atoms with E-state index in [1.807, 2.05) is 6.92 Å². The van der Waals surface area contributed by atoms with Crippen LogP contribution >= 0.6 is 11.6 Å². The van der Waals surface area contributed by atoms with Gasteiger partial charge in [-0.05, 0) is 42.8 Å². The molecule has 0 radical (unpaired) electrons. The summed E-state index contributed by atoms with van der Waals surface area (Å²) in [6.07, 6.45) is 0.863. The minimum absolute atomic E-state index is 0.0797. The summed E-state index contributed by atoms with van der Waals surface area (Å²) in [6, 6.07) is 11.0. The van der Waals surface area contributed by atoms with Crippen molar-refractivity contribution in [2.75, 3.05) is 13.7 Å². The van der Waals surface area contributed by atoms with Crippen molar-refractivity contribution in [3.8, 4) is 11.5 Å². The Morgan fingerprint density at radius 3 is 2.58 bits per heavy atom. The molecule has 0 fully saturated rings. The quantitative estimate of drug-likeness (QED) is 0.580. The van der Waals surface area contributed by atoms with Crippen molar-refractivity contribution >= 4 is 23.5 Å². The smallest absolute Gasteiger partial charge is 0.343 e. The van der Waals surface area contributed by atoms with E-state index < -0.39 is 11.9 Å². The molecule has 0 spiro atoms. The number of hydrogen-bond donors (Lipinski definition) is 0. The van der Waals surface area contributed by atoms with Gasteiger partial charge >= 0.3 is 11.9 Å². The van der Waals surface area contributed by atoms with E-state index in [1.165, 1.54) is 25.3 Å². The Bertz CT molecular complexity index is 742. The zero-order valence-electron chi connectivity index (χ0n) is 13.4. The van der Waals surface area contributed by atoms with E-state index in [4.69, 9.17) is 21.1 Å². The first-order valence-corrected chi connectivity index (χ1v) is 7.76. The standard InChI is InChI=1S/C18H17ClO5/c1-3-9-23-14-6-4-5-12(10-14)17(20)24-16-8-7-13(19)11-15(16)18(21)22-2/h4-8,10-11H,3,9H2,1-2H3. The molecular weight excluding hydrogens is 332 g/mol. The van der Waals surface area contributed by atoms with E-state index in [2.05, 4.69) is 4.74 Å². The minimum atomic E-state index is -0.639. The van der Waals surface area contributed by atoms with Gasteiger partial charge in [0.2, 0.25) is 0 Å². The topological polar surface area (TPSA) is 61.8 Å². The molecule has 0 aromatic heterocycles. The fraction of sp³-hybridized carbons (Fsp3) is 0.222. The van der Waals surface area contributed by atoms with Crippen LogP contribution in [0.25, 0.3) is 0 Å². The summed E-state index contributed by atoms with van der Waals surface area (Å²) in [4.78, 5) is 24.1. The van der Waals surface area contributed by atoms with Gasteiger partial charge < -0.3 is 14.2 Å². The summed E-state index contributed by atoms with van der Waals surface area (Å²) in [7, 11) is 1.24.